The predicted molar refractivity (Wildman–Crippen MR) is 229 cm³/mol. The van der Waals surface area contributed by atoms with E-state index in [2.05, 4.69) is 41.6 Å². The van der Waals surface area contributed by atoms with Gasteiger partial charge in [-0.25, -0.2) is 4.98 Å². The number of fused-ring (bicyclic) bond motifs is 1. The van der Waals surface area contributed by atoms with Crippen LogP contribution >= 0.6 is 11.3 Å². The molecule has 4 aromatic heterocycles. The quantitative estimate of drug-likeness (QED) is 0.0965. The van der Waals surface area contributed by atoms with E-state index < -0.39 is 23.6 Å². The number of aliphatic hydroxyl groups is 1. The standard InChI is InChI=1S/C45H52N8O6S/c1-26(2)40(44(57)53-24-32(54)21-36(53)43(56)48-45(4,5)31-14-12-28(13-15-31)41-27(3)46-25-60-41)38-22-39(51-59-38)58-18-17-52-16-8-9-29(23-52)34-19-30-20-35(49-50-42(30)47-34)33-10-6-7-11-37(33)55/h6-7,10-15,19-20,22,25-26,29,32,36,40,54-55H,8-9,16-18,21,23-24H2,1-5H3,(H,47,50)(H,48,56)/t29-,32-,36+,40-/m1/s1. The summed E-state index contributed by atoms with van der Waals surface area (Å²) < 4.78 is 11.8. The lowest BCUT2D eigenvalue weighted by Crippen LogP contribution is -2.52. The van der Waals surface area contributed by atoms with E-state index in [9.17, 15) is 19.8 Å². The smallest absolute Gasteiger partial charge is 0.254 e. The van der Waals surface area contributed by atoms with Crippen molar-refractivity contribution in [3.8, 4) is 33.3 Å². The number of aryl methyl sites for hydroxylation is 1. The molecule has 2 aromatic carbocycles. The van der Waals surface area contributed by atoms with Gasteiger partial charge in [-0.05, 0) is 86.6 Å². The number of aromatic hydroxyl groups is 1. The summed E-state index contributed by atoms with van der Waals surface area (Å²) in [7, 11) is 0. The Labute approximate surface area is 353 Å². The van der Waals surface area contributed by atoms with Crippen LogP contribution in [0.4, 0.5) is 0 Å². The summed E-state index contributed by atoms with van der Waals surface area (Å²) in [5.41, 5.74) is 7.13. The van der Waals surface area contributed by atoms with Crippen molar-refractivity contribution >= 4 is 34.2 Å². The number of amides is 2. The maximum atomic E-state index is 14.3. The monoisotopic (exact) mass is 832 g/mol. The first-order valence-corrected chi connectivity index (χ1v) is 21.5. The molecule has 2 saturated heterocycles. The van der Waals surface area contributed by atoms with E-state index in [-0.39, 0.29) is 42.4 Å². The number of benzene rings is 2. The van der Waals surface area contributed by atoms with Crippen molar-refractivity contribution in [3.63, 3.8) is 0 Å². The number of hydrogen-bond donors (Lipinski definition) is 4. The van der Waals surface area contributed by atoms with Crippen molar-refractivity contribution in [2.24, 2.45) is 5.92 Å². The van der Waals surface area contributed by atoms with E-state index in [1.165, 1.54) is 4.90 Å². The average Bonchev–Trinajstić information content (AvgIpc) is 4.05. The van der Waals surface area contributed by atoms with Crippen LogP contribution < -0.4 is 10.1 Å². The van der Waals surface area contributed by atoms with Crippen LogP contribution in [0.2, 0.25) is 0 Å². The van der Waals surface area contributed by atoms with Gasteiger partial charge in [-0.1, -0.05) is 50.2 Å². The molecule has 60 heavy (non-hydrogen) atoms. The van der Waals surface area contributed by atoms with Crippen molar-refractivity contribution in [3.05, 3.63) is 95.0 Å². The number of nitrogens with zero attached hydrogens (tertiary/aromatic N) is 6. The largest absolute Gasteiger partial charge is 0.507 e. The van der Waals surface area contributed by atoms with Gasteiger partial charge in [-0.15, -0.1) is 21.5 Å². The van der Waals surface area contributed by atoms with Crippen LogP contribution in [-0.2, 0) is 15.1 Å². The van der Waals surface area contributed by atoms with Crippen molar-refractivity contribution in [2.45, 2.75) is 83.4 Å². The molecule has 0 unspecified atom stereocenters. The number of hydrogen-bond acceptors (Lipinski definition) is 12. The fourth-order valence-electron chi connectivity index (χ4n) is 8.57. The number of carbonyl (C=O) groups excluding carboxylic acids is 2. The second-order valence-electron chi connectivity index (χ2n) is 16.9. The number of nitrogens with one attached hydrogen (secondary N) is 2. The fraction of sp³-hybridized carbons (Fsp3) is 0.422. The zero-order valence-electron chi connectivity index (χ0n) is 34.6. The highest BCUT2D eigenvalue weighted by atomic mass is 32.1. The summed E-state index contributed by atoms with van der Waals surface area (Å²) in [6, 6.07) is 20.1. The van der Waals surface area contributed by atoms with Gasteiger partial charge in [0.1, 0.15) is 24.3 Å². The molecule has 14 nitrogen and oxygen atoms in total. The number of β-amino-alcohol motifs (C(OH)–C–C–N with tert-alkyl or cyclic N) is 1. The van der Waals surface area contributed by atoms with Crippen LogP contribution in [-0.4, -0.2) is 102 Å². The molecule has 2 amide bonds. The third-order valence-corrected chi connectivity index (χ3v) is 12.8. The van der Waals surface area contributed by atoms with Gasteiger partial charge >= 0.3 is 0 Å². The van der Waals surface area contributed by atoms with Crippen LogP contribution in [0.5, 0.6) is 11.6 Å². The lowest BCUT2D eigenvalue weighted by molar-refractivity contribution is -0.141. The van der Waals surface area contributed by atoms with Gasteiger partial charge in [0.2, 0.25) is 11.8 Å². The summed E-state index contributed by atoms with van der Waals surface area (Å²) in [4.78, 5) is 40.9. The van der Waals surface area contributed by atoms with Gasteiger partial charge < -0.3 is 34.7 Å². The van der Waals surface area contributed by atoms with Crippen LogP contribution in [0.3, 0.4) is 0 Å². The Balaban J connectivity index is 0.870. The van der Waals surface area contributed by atoms with Crippen LogP contribution in [0.1, 0.15) is 81.5 Å². The zero-order valence-corrected chi connectivity index (χ0v) is 35.4. The van der Waals surface area contributed by atoms with E-state index in [1.54, 1.807) is 29.5 Å². The molecule has 314 valence electrons. The van der Waals surface area contributed by atoms with Gasteiger partial charge in [0.05, 0.1) is 33.4 Å². The third kappa shape index (κ3) is 8.65. The molecule has 0 radical (unpaired) electrons. The molecule has 15 heteroatoms. The molecule has 2 aliphatic heterocycles. The molecule has 8 rings (SSSR count). The second kappa shape index (κ2) is 17.1. The number of phenols is 1. The highest BCUT2D eigenvalue weighted by Crippen LogP contribution is 2.35. The molecule has 2 fully saturated rings. The van der Waals surface area contributed by atoms with Crippen molar-refractivity contribution in [1.82, 2.24) is 40.4 Å². The predicted octanol–water partition coefficient (Wildman–Crippen LogP) is 6.76. The average molecular weight is 833 g/mol. The molecule has 4 atom stereocenters. The Morgan fingerprint density at radius 3 is 2.63 bits per heavy atom. The van der Waals surface area contributed by atoms with E-state index >= 15 is 0 Å². The number of aromatic nitrogens is 5. The Bertz CT molecular complexity index is 2460. The van der Waals surface area contributed by atoms with Crippen LogP contribution in [0.25, 0.3) is 32.7 Å². The number of phenolic OH excluding ortho intramolecular Hbond substituents is 1. The number of H-pyrrole nitrogens is 1. The second-order valence-corrected chi connectivity index (χ2v) is 17.8. The number of carbonyl (C=O) groups is 2. The van der Waals surface area contributed by atoms with E-state index in [0.29, 0.717) is 41.7 Å². The first-order chi connectivity index (χ1) is 28.8. The SMILES string of the molecule is Cc1ncsc1-c1ccc(C(C)(C)NC(=O)[C@@H]2C[C@@H](O)CN2C(=O)[C@@H](c2cc(OCCN3CCC[C@@H](c4cc5cc(-c6ccccc6O)nnc5[nH]4)C3)no2)C(C)C)cc1. The molecule has 6 aromatic rings. The lowest BCUT2D eigenvalue weighted by atomic mass is 9.91. The number of thiazole rings is 1. The maximum Gasteiger partial charge on any atom is 0.254 e. The minimum absolute atomic E-state index is 0.0446. The first-order valence-electron chi connectivity index (χ1n) is 20.6. The molecule has 2 aliphatic rings. The fourth-order valence-corrected chi connectivity index (χ4v) is 9.39. The number of piperidine rings is 1. The molecule has 0 aliphatic carbocycles. The number of likely N-dealkylation sites (tertiary alicyclic amines) is 2. The Kier molecular flexibility index (Phi) is 11.7. The van der Waals surface area contributed by atoms with E-state index in [4.69, 9.17) is 9.26 Å². The van der Waals surface area contributed by atoms with E-state index in [1.807, 2.05) is 82.6 Å². The highest BCUT2D eigenvalue weighted by molar-refractivity contribution is 7.13. The van der Waals surface area contributed by atoms with Gasteiger partial charge in [-0.2, -0.15) is 0 Å². The number of rotatable bonds is 13. The van der Waals surface area contributed by atoms with Gasteiger partial charge in [0, 0.05) is 54.7 Å². The number of ether oxygens (including phenoxy) is 1. The molecular weight excluding hydrogens is 781 g/mol. The zero-order chi connectivity index (χ0) is 42.1. The van der Waals surface area contributed by atoms with Gasteiger partial charge in [0.15, 0.2) is 11.4 Å². The van der Waals surface area contributed by atoms with Crippen LogP contribution in [0, 0.1) is 12.8 Å². The molecule has 0 bridgehead atoms. The lowest BCUT2D eigenvalue weighted by Gasteiger charge is -2.32. The summed E-state index contributed by atoms with van der Waals surface area (Å²) in [5.74, 6) is -0.449. The molecular formula is C45H52N8O6S. The Morgan fingerprint density at radius 1 is 1.08 bits per heavy atom. The minimum Gasteiger partial charge on any atom is -0.507 e. The Hall–Kier alpha value is -5.64. The number of para-hydroxylation sites is 1. The van der Waals surface area contributed by atoms with E-state index in [0.717, 1.165) is 58.7 Å². The summed E-state index contributed by atoms with van der Waals surface area (Å²) in [5, 5.41) is 38.1. The van der Waals surface area contributed by atoms with Gasteiger partial charge in [0.25, 0.3) is 5.88 Å². The maximum absolute atomic E-state index is 14.3. The van der Waals surface area contributed by atoms with Crippen LogP contribution in [0.15, 0.2) is 76.8 Å². The topological polar surface area (TPSA) is 183 Å². The first kappa shape index (κ1) is 41.1. The molecule has 0 saturated carbocycles. The van der Waals surface area contributed by atoms with Crippen molar-refractivity contribution < 1.29 is 29.1 Å². The number of aliphatic hydroxyl groups excluding tert-OH is 1. The van der Waals surface area contributed by atoms with Crippen molar-refractivity contribution in [2.75, 3.05) is 32.8 Å². The summed E-state index contributed by atoms with van der Waals surface area (Å²) in [6.45, 7) is 12.6. The molecule has 0 spiro atoms. The molecule has 6 heterocycles. The summed E-state index contributed by atoms with van der Waals surface area (Å²) in [6.07, 6.45) is 1.37. The normalized spacial score (nSPS) is 19.2. The third-order valence-electron chi connectivity index (χ3n) is 11.8. The van der Waals surface area contributed by atoms with Crippen molar-refractivity contribution in [1.29, 1.82) is 0 Å². The highest BCUT2D eigenvalue weighted by Gasteiger charge is 2.44. The minimum atomic E-state index is -0.849. The van der Waals surface area contributed by atoms with Gasteiger partial charge in [-0.3, -0.25) is 14.5 Å². The number of aromatic amines is 1. The molecule has 4 N–H and O–H groups in total. The summed E-state index contributed by atoms with van der Waals surface area (Å²) >= 11 is 1.59. The Morgan fingerprint density at radius 2 is 1.88 bits per heavy atom.